The molecule has 2 aromatic carbocycles. The maximum atomic E-state index is 13.3. The number of aryl methyl sites for hydroxylation is 2. The van der Waals surface area contributed by atoms with Crippen LogP contribution in [0.5, 0.6) is 0 Å². The number of benzene rings is 2. The number of rotatable bonds is 11. The van der Waals surface area contributed by atoms with Gasteiger partial charge in [-0.15, -0.1) is 0 Å². The van der Waals surface area contributed by atoms with Gasteiger partial charge < -0.3 is 10.2 Å². The van der Waals surface area contributed by atoms with Crippen LogP contribution in [0.25, 0.3) is 0 Å². The summed E-state index contributed by atoms with van der Waals surface area (Å²) in [6.45, 7) is 8.27. The van der Waals surface area contributed by atoms with Crippen LogP contribution in [-0.4, -0.2) is 28.8 Å². The summed E-state index contributed by atoms with van der Waals surface area (Å²) in [4.78, 5) is 27.8. The van der Waals surface area contributed by atoms with Crippen LogP contribution in [0.1, 0.15) is 63.6 Å². The van der Waals surface area contributed by atoms with Crippen molar-refractivity contribution in [2.45, 2.75) is 78.4 Å². The Kier molecular flexibility index (Phi) is 9.70. The molecule has 5 heteroatoms. The standard InChI is InChI=1S/C26H35FN2O2/c1-5-19(4)28-26(31)24(7-3)29(18-22-12-15-23(27)16-13-22)25(30)17-14-21-10-8-20(6-2)9-11-21/h8-13,15-16,19,24H,5-7,14,17-18H2,1-4H3,(H,28,31)/t19-,24+/m1/s1. The molecule has 0 aliphatic rings. The third kappa shape index (κ3) is 7.50. The van der Waals surface area contributed by atoms with Crippen molar-refractivity contribution in [3.63, 3.8) is 0 Å². The summed E-state index contributed by atoms with van der Waals surface area (Å²) in [5, 5.41) is 3.00. The molecule has 2 atom stereocenters. The lowest BCUT2D eigenvalue weighted by Crippen LogP contribution is -2.50. The van der Waals surface area contributed by atoms with Gasteiger partial charge in [-0.05, 0) is 61.4 Å². The van der Waals surface area contributed by atoms with Crippen molar-refractivity contribution in [3.05, 3.63) is 71.0 Å². The Morgan fingerprint density at radius 1 is 0.903 bits per heavy atom. The fraction of sp³-hybridized carbons (Fsp3) is 0.462. The van der Waals surface area contributed by atoms with Crippen molar-refractivity contribution in [2.24, 2.45) is 0 Å². The lowest BCUT2D eigenvalue weighted by Gasteiger charge is -2.31. The van der Waals surface area contributed by atoms with Crippen LogP contribution in [-0.2, 0) is 29.0 Å². The summed E-state index contributed by atoms with van der Waals surface area (Å²) in [5.41, 5.74) is 3.17. The van der Waals surface area contributed by atoms with Gasteiger partial charge in [0.1, 0.15) is 11.9 Å². The molecule has 31 heavy (non-hydrogen) atoms. The van der Waals surface area contributed by atoms with Crippen LogP contribution in [0, 0.1) is 5.82 Å². The highest BCUT2D eigenvalue weighted by molar-refractivity contribution is 5.87. The van der Waals surface area contributed by atoms with E-state index in [2.05, 4.69) is 36.5 Å². The SMILES string of the molecule is CCc1ccc(CCC(=O)N(Cc2ccc(F)cc2)[C@@H](CC)C(=O)N[C@H](C)CC)cc1. The number of carbonyl (C=O) groups is 2. The Balaban J connectivity index is 2.18. The Bertz CT molecular complexity index is 833. The first-order chi connectivity index (χ1) is 14.9. The van der Waals surface area contributed by atoms with Crippen LogP contribution < -0.4 is 5.32 Å². The Labute approximate surface area is 185 Å². The fourth-order valence-corrected chi connectivity index (χ4v) is 3.48. The Morgan fingerprint density at radius 3 is 2.03 bits per heavy atom. The summed E-state index contributed by atoms with van der Waals surface area (Å²) in [7, 11) is 0. The number of hydrogen-bond acceptors (Lipinski definition) is 2. The first-order valence-corrected chi connectivity index (χ1v) is 11.3. The lowest BCUT2D eigenvalue weighted by molar-refractivity contribution is -0.141. The van der Waals surface area contributed by atoms with E-state index in [4.69, 9.17) is 0 Å². The molecule has 168 valence electrons. The summed E-state index contributed by atoms with van der Waals surface area (Å²) >= 11 is 0. The van der Waals surface area contributed by atoms with Crippen molar-refractivity contribution in [1.29, 1.82) is 0 Å². The highest BCUT2D eigenvalue weighted by Gasteiger charge is 2.29. The van der Waals surface area contributed by atoms with Crippen molar-refractivity contribution in [1.82, 2.24) is 10.2 Å². The molecule has 0 saturated carbocycles. The minimum atomic E-state index is -0.561. The predicted molar refractivity (Wildman–Crippen MR) is 123 cm³/mol. The van der Waals surface area contributed by atoms with Crippen LogP contribution in [0.15, 0.2) is 48.5 Å². The minimum absolute atomic E-state index is 0.0430. The molecule has 0 saturated heterocycles. The topological polar surface area (TPSA) is 49.4 Å². The molecule has 0 bridgehead atoms. The molecular weight excluding hydrogens is 391 g/mol. The van der Waals surface area contributed by atoms with Gasteiger partial charge in [-0.3, -0.25) is 9.59 Å². The first-order valence-electron chi connectivity index (χ1n) is 11.3. The van der Waals surface area contributed by atoms with Crippen LogP contribution in [0.2, 0.25) is 0 Å². The number of nitrogens with zero attached hydrogens (tertiary/aromatic N) is 1. The quantitative estimate of drug-likeness (QED) is 0.547. The molecule has 1 N–H and O–H groups in total. The van der Waals surface area contributed by atoms with E-state index in [1.807, 2.05) is 20.8 Å². The zero-order valence-corrected chi connectivity index (χ0v) is 19.2. The fourth-order valence-electron chi connectivity index (χ4n) is 3.48. The molecule has 4 nitrogen and oxygen atoms in total. The van der Waals surface area contributed by atoms with Gasteiger partial charge in [0, 0.05) is 19.0 Å². The molecule has 0 spiro atoms. The van der Waals surface area contributed by atoms with Gasteiger partial charge in [0.25, 0.3) is 0 Å². The second-order valence-electron chi connectivity index (χ2n) is 8.06. The van der Waals surface area contributed by atoms with Crippen molar-refractivity contribution in [2.75, 3.05) is 0 Å². The van der Waals surface area contributed by atoms with E-state index in [1.165, 1.54) is 17.7 Å². The average molecular weight is 427 g/mol. The Hall–Kier alpha value is -2.69. The summed E-state index contributed by atoms with van der Waals surface area (Å²) in [6, 6.07) is 13.9. The Morgan fingerprint density at radius 2 is 1.48 bits per heavy atom. The number of amides is 2. The van der Waals surface area contributed by atoms with E-state index < -0.39 is 6.04 Å². The molecule has 0 unspecified atom stereocenters. The summed E-state index contributed by atoms with van der Waals surface area (Å²) in [6.07, 6.45) is 3.25. The molecule has 0 heterocycles. The monoisotopic (exact) mass is 426 g/mol. The third-order valence-electron chi connectivity index (χ3n) is 5.71. The van der Waals surface area contributed by atoms with Crippen molar-refractivity contribution >= 4 is 11.8 Å². The number of nitrogens with one attached hydrogen (secondary N) is 1. The molecule has 0 aliphatic carbocycles. The molecular formula is C26H35FN2O2. The molecule has 2 aromatic rings. The van der Waals surface area contributed by atoms with E-state index in [1.54, 1.807) is 17.0 Å². The molecule has 2 amide bonds. The van der Waals surface area contributed by atoms with Gasteiger partial charge >= 0.3 is 0 Å². The van der Waals surface area contributed by atoms with Gasteiger partial charge in [-0.25, -0.2) is 4.39 Å². The number of hydrogen-bond donors (Lipinski definition) is 1. The second kappa shape index (κ2) is 12.2. The second-order valence-corrected chi connectivity index (χ2v) is 8.06. The van der Waals surface area contributed by atoms with Crippen LogP contribution in [0.4, 0.5) is 4.39 Å². The highest BCUT2D eigenvalue weighted by atomic mass is 19.1. The zero-order chi connectivity index (χ0) is 22.8. The van der Waals surface area contributed by atoms with Gasteiger partial charge in [0.15, 0.2) is 0 Å². The van der Waals surface area contributed by atoms with Crippen molar-refractivity contribution < 1.29 is 14.0 Å². The number of halogens is 1. The molecule has 0 aromatic heterocycles. The number of carbonyl (C=O) groups excluding carboxylic acids is 2. The average Bonchev–Trinajstić information content (AvgIpc) is 2.78. The van der Waals surface area contributed by atoms with E-state index in [-0.39, 0.29) is 30.2 Å². The highest BCUT2D eigenvalue weighted by Crippen LogP contribution is 2.16. The summed E-state index contributed by atoms with van der Waals surface area (Å²) < 4.78 is 13.3. The normalized spacial score (nSPS) is 12.8. The maximum absolute atomic E-state index is 13.3. The molecule has 2 rings (SSSR count). The van der Waals surface area contributed by atoms with Gasteiger partial charge in [-0.2, -0.15) is 0 Å². The molecule has 0 radical (unpaired) electrons. The van der Waals surface area contributed by atoms with E-state index in [0.29, 0.717) is 19.3 Å². The van der Waals surface area contributed by atoms with Crippen LogP contribution >= 0.6 is 0 Å². The van der Waals surface area contributed by atoms with Gasteiger partial charge in [-0.1, -0.05) is 57.2 Å². The maximum Gasteiger partial charge on any atom is 0.243 e. The van der Waals surface area contributed by atoms with E-state index >= 15 is 0 Å². The minimum Gasteiger partial charge on any atom is -0.352 e. The predicted octanol–water partition coefficient (Wildman–Crippen LogP) is 5.04. The zero-order valence-electron chi connectivity index (χ0n) is 19.2. The largest absolute Gasteiger partial charge is 0.352 e. The molecule has 0 fully saturated rings. The molecule has 0 aliphatic heterocycles. The van der Waals surface area contributed by atoms with Gasteiger partial charge in [0.05, 0.1) is 0 Å². The van der Waals surface area contributed by atoms with E-state index in [9.17, 15) is 14.0 Å². The first kappa shape index (κ1) is 24.6. The third-order valence-corrected chi connectivity index (χ3v) is 5.71. The van der Waals surface area contributed by atoms with E-state index in [0.717, 1.165) is 24.0 Å². The van der Waals surface area contributed by atoms with Crippen molar-refractivity contribution in [3.8, 4) is 0 Å². The lowest BCUT2D eigenvalue weighted by atomic mass is 10.0. The van der Waals surface area contributed by atoms with Crippen LogP contribution in [0.3, 0.4) is 0 Å². The van der Waals surface area contributed by atoms with Gasteiger partial charge in [0.2, 0.25) is 11.8 Å². The summed E-state index contributed by atoms with van der Waals surface area (Å²) in [5.74, 6) is -0.534. The smallest absolute Gasteiger partial charge is 0.243 e.